The Morgan fingerprint density at radius 1 is 1.25 bits per heavy atom. The molecule has 1 aliphatic heterocycles. The molecule has 5 rings (SSSR count). The van der Waals surface area contributed by atoms with Gasteiger partial charge in [0.1, 0.15) is 0 Å². The molecule has 3 aromatic rings. The average molecular weight is 374 g/mol. The lowest BCUT2D eigenvalue weighted by molar-refractivity contribution is 0.0773. The standard InChI is InChI=1S/C23H26N4O/c1-15-3-5-20-18(13-15)19-14-17(4-6-21(19)25-20)23(28)27-11-8-16(9-12-27)22-7-10-24-26(22)2/h4,6-8,10,14-15,25H,3,5,9,11-13H2,1-2H3. The third-order valence-electron chi connectivity index (χ3n) is 6.33. The number of aromatic amines is 1. The Labute approximate surface area is 165 Å². The van der Waals surface area contributed by atoms with Crippen molar-refractivity contribution in [3.63, 3.8) is 0 Å². The van der Waals surface area contributed by atoms with Crippen LogP contribution in [0.3, 0.4) is 0 Å². The third kappa shape index (κ3) is 2.86. The van der Waals surface area contributed by atoms with Crippen molar-refractivity contribution >= 4 is 22.4 Å². The van der Waals surface area contributed by atoms with Crippen LogP contribution in [0.4, 0.5) is 0 Å². The van der Waals surface area contributed by atoms with Crippen molar-refractivity contribution in [3.8, 4) is 0 Å². The molecule has 1 unspecified atom stereocenters. The van der Waals surface area contributed by atoms with E-state index in [9.17, 15) is 4.79 Å². The minimum absolute atomic E-state index is 0.126. The molecule has 144 valence electrons. The zero-order valence-corrected chi connectivity index (χ0v) is 16.5. The fourth-order valence-electron chi connectivity index (χ4n) is 4.68. The van der Waals surface area contributed by atoms with Crippen LogP contribution in [0.1, 0.15) is 47.1 Å². The summed E-state index contributed by atoms with van der Waals surface area (Å²) in [6.45, 7) is 3.71. The van der Waals surface area contributed by atoms with Gasteiger partial charge in [0.15, 0.2) is 0 Å². The van der Waals surface area contributed by atoms with E-state index in [4.69, 9.17) is 0 Å². The highest BCUT2D eigenvalue weighted by atomic mass is 16.2. The molecule has 0 saturated carbocycles. The predicted molar refractivity (Wildman–Crippen MR) is 111 cm³/mol. The zero-order valence-electron chi connectivity index (χ0n) is 16.5. The first kappa shape index (κ1) is 17.3. The van der Waals surface area contributed by atoms with E-state index in [2.05, 4.69) is 35.2 Å². The van der Waals surface area contributed by atoms with Gasteiger partial charge >= 0.3 is 0 Å². The highest BCUT2D eigenvalue weighted by Crippen LogP contribution is 2.32. The van der Waals surface area contributed by atoms with Gasteiger partial charge in [-0.1, -0.05) is 13.0 Å². The predicted octanol–water partition coefficient (Wildman–Crippen LogP) is 3.96. The number of aryl methyl sites for hydroxylation is 2. The van der Waals surface area contributed by atoms with E-state index in [1.165, 1.54) is 28.6 Å². The molecule has 1 aromatic carbocycles. The molecule has 5 heteroatoms. The lowest BCUT2D eigenvalue weighted by Crippen LogP contribution is -2.34. The molecular formula is C23H26N4O. The SMILES string of the molecule is CC1CCc2[nH]c3ccc(C(=O)N4CC=C(c5ccnn5C)CC4)cc3c2C1. The van der Waals surface area contributed by atoms with E-state index in [-0.39, 0.29) is 5.91 Å². The topological polar surface area (TPSA) is 53.9 Å². The van der Waals surface area contributed by atoms with E-state index in [1.807, 2.05) is 35.0 Å². The molecule has 0 saturated heterocycles. The number of carbonyl (C=O) groups is 1. The third-order valence-corrected chi connectivity index (χ3v) is 6.33. The maximum absolute atomic E-state index is 13.1. The molecule has 3 heterocycles. The lowest BCUT2D eigenvalue weighted by atomic mass is 9.87. The summed E-state index contributed by atoms with van der Waals surface area (Å²) in [5, 5.41) is 5.48. The van der Waals surface area contributed by atoms with Gasteiger partial charge in [-0.2, -0.15) is 5.10 Å². The first-order chi connectivity index (χ1) is 13.6. The number of nitrogens with one attached hydrogen (secondary N) is 1. The van der Waals surface area contributed by atoms with E-state index >= 15 is 0 Å². The van der Waals surface area contributed by atoms with Gasteiger partial charge in [-0.3, -0.25) is 9.48 Å². The van der Waals surface area contributed by atoms with Crippen LogP contribution in [-0.2, 0) is 19.9 Å². The molecular weight excluding hydrogens is 348 g/mol. The van der Waals surface area contributed by atoms with Crippen molar-refractivity contribution in [2.45, 2.75) is 32.6 Å². The highest BCUT2D eigenvalue weighted by Gasteiger charge is 2.23. The number of hydrogen-bond acceptors (Lipinski definition) is 2. The molecule has 0 radical (unpaired) electrons. The van der Waals surface area contributed by atoms with Gasteiger partial charge in [0, 0.05) is 48.5 Å². The Morgan fingerprint density at radius 3 is 2.89 bits per heavy atom. The number of benzene rings is 1. The van der Waals surface area contributed by atoms with E-state index in [1.54, 1.807) is 0 Å². The largest absolute Gasteiger partial charge is 0.358 e. The smallest absolute Gasteiger partial charge is 0.254 e. The first-order valence-electron chi connectivity index (χ1n) is 10.2. The minimum Gasteiger partial charge on any atom is -0.358 e. The summed E-state index contributed by atoms with van der Waals surface area (Å²) < 4.78 is 1.90. The molecule has 0 spiro atoms. The quantitative estimate of drug-likeness (QED) is 0.738. The van der Waals surface area contributed by atoms with Crippen LogP contribution < -0.4 is 0 Å². The number of nitrogens with zero attached hydrogens (tertiary/aromatic N) is 3. The Bertz CT molecular complexity index is 1090. The molecule has 2 aliphatic rings. The van der Waals surface area contributed by atoms with Crippen LogP contribution in [0.5, 0.6) is 0 Å². The summed E-state index contributed by atoms with van der Waals surface area (Å²) in [7, 11) is 1.96. The summed E-state index contributed by atoms with van der Waals surface area (Å²) in [5.74, 6) is 0.838. The lowest BCUT2D eigenvalue weighted by Gasteiger charge is -2.26. The summed E-state index contributed by atoms with van der Waals surface area (Å²) in [6, 6.07) is 8.18. The van der Waals surface area contributed by atoms with E-state index in [0.717, 1.165) is 42.6 Å². The van der Waals surface area contributed by atoms with Crippen molar-refractivity contribution in [2.24, 2.45) is 13.0 Å². The fraction of sp³-hybridized carbons (Fsp3) is 0.391. The van der Waals surface area contributed by atoms with Crippen LogP contribution in [0.15, 0.2) is 36.5 Å². The van der Waals surface area contributed by atoms with Gasteiger partial charge in [-0.05, 0) is 67.0 Å². The normalized spacial score (nSPS) is 19.6. The van der Waals surface area contributed by atoms with Gasteiger partial charge in [-0.25, -0.2) is 0 Å². The van der Waals surface area contributed by atoms with E-state index < -0.39 is 0 Å². The Kier molecular flexibility index (Phi) is 4.11. The van der Waals surface area contributed by atoms with Crippen molar-refractivity contribution in [2.75, 3.05) is 13.1 Å². The number of amides is 1. The first-order valence-corrected chi connectivity index (χ1v) is 10.2. The second-order valence-corrected chi connectivity index (χ2v) is 8.26. The van der Waals surface area contributed by atoms with Gasteiger partial charge in [0.2, 0.25) is 0 Å². The van der Waals surface area contributed by atoms with Crippen LogP contribution in [0, 0.1) is 5.92 Å². The number of fused-ring (bicyclic) bond motifs is 3. The number of hydrogen-bond donors (Lipinski definition) is 1. The maximum atomic E-state index is 13.1. The van der Waals surface area contributed by atoms with Gasteiger partial charge in [0.25, 0.3) is 5.91 Å². The van der Waals surface area contributed by atoms with E-state index in [0.29, 0.717) is 12.5 Å². The molecule has 5 nitrogen and oxygen atoms in total. The second kappa shape index (κ2) is 6.66. The van der Waals surface area contributed by atoms with Gasteiger partial charge < -0.3 is 9.88 Å². The Morgan fingerprint density at radius 2 is 2.14 bits per heavy atom. The Hall–Kier alpha value is -2.82. The van der Waals surface area contributed by atoms with Crippen molar-refractivity contribution < 1.29 is 4.79 Å². The number of rotatable bonds is 2. The molecule has 1 N–H and O–H groups in total. The summed E-state index contributed by atoms with van der Waals surface area (Å²) in [6.07, 6.45) is 8.31. The number of H-pyrrole nitrogens is 1. The molecule has 2 aromatic heterocycles. The summed E-state index contributed by atoms with van der Waals surface area (Å²) in [4.78, 5) is 18.6. The molecule has 0 fully saturated rings. The molecule has 1 atom stereocenters. The molecule has 1 aliphatic carbocycles. The molecule has 28 heavy (non-hydrogen) atoms. The zero-order chi connectivity index (χ0) is 19.3. The monoisotopic (exact) mass is 374 g/mol. The van der Waals surface area contributed by atoms with Crippen LogP contribution in [0.25, 0.3) is 16.5 Å². The Balaban J connectivity index is 1.40. The number of aromatic nitrogens is 3. The van der Waals surface area contributed by atoms with Gasteiger partial charge in [0.05, 0.1) is 5.69 Å². The van der Waals surface area contributed by atoms with Gasteiger partial charge in [-0.15, -0.1) is 0 Å². The van der Waals surface area contributed by atoms with Crippen LogP contribution >= 0.6 is 0 Å². The second-order valence-electron chi connectivity index (χ2n) is 8.26. The fourth-order valence-corrected chi connectivity index (χ4v) is 4.68. The summed E-state index contributed by atoms with van der Waals surface area (Å²) >= 11 is 0. The van der Waals surface area contributed by atoms with Crippen molar-refractivity contribution in [1.29, 1.82) is 0 Å². The van der Waals surface area contributed by atoms with Crippen molar-refractivity contribution in [3.05, 3.63) is 59.1 Å². The summed E-state index contributed by atoms with van der Waals surface area (Å²) in [5.41, 5.74) is 7.15. The average Bonchev–Trinajstić information content (AvgIpc) is 3.30. The molecule has 0 bridgehead atoms. The molecule has 1 amide bonds. The maximum Gasteiger partial charge on any atom is 0.254 e. The highest BCUT2D eigenvalue weighted by molar-refractivity contribution is 5.99. The number of carbonyl (C=O) groups excluding carboxylic acids is 1. The van der Waals surface area contributed by atoms with Crippen LogP contribution in [-0.4, -0.2) is 38.7 Å². The van der Waals surface area contributed by atoms with Crippen molar-refractivity contribution in [1.82, 2.24) is 19.7 Å². The van der Waals surface area contributed by atoms with Crippen LogP contribution in [0.2, 0.25) is 0 Å². The minimum atomic E-state index is 0.126.